The number of rotatable bonds is 6. The molecule has 0 fully saturated rings. The highest BCUT2D eigenvalue weighted by atomic mass is 16.6. The van der Waals surface area contributed by atoms with Crippen LogP contribution in [0.15, 0.2) is 78.9 Å². The van der Waals surface area contributed by atoms with Crippen molar-refractivity contribution in [3.8, 4) is 11.5 Å². The Bertz CT molecular complexity index is 1510. The molecule has 0 saturated heterocycles. The molecule has 186 valence electrons. The zero-order valence-corrected chi connectivity index (χ0v) is 21.4. The maximum absolute atomic E-state index is 13.2. The van der Waals surface area contributed by atoms with Crippen LogP contribution < -0.4 is 15.4 Å². The molecule has 0 amide bonds. The zero-order valence-electron chi connectivity index (χ0n) is 21.4. The summed E-state index contributed by atoms with van der Waals surface area (Å²) in [5.74, 6) is 1.11. The Kier molecular flexibility index (Phi) is 5.64. The first-order chi connectivity index (χ1) is 18.0. The minimum atomic E-state index is -1.09. The van der Waals surface area contributed by atoms with Gasteiger partial charge < -0.3 is 20.1 Å². The molecule has 2 heterocycles. The van der Waals surface area contributed by atoms with Crippen molar-refractivity contribution in [2.75, 3.05) is 17.2 Å². The van der Waals surface area contributed by atoms with E-state index in [2.05, 4.69) is 43.5 Å². The average molecular weight is 491 g/mol. The molecule has 2 N–H and O–H groups in total. The van der Waals surface area contributed by atoms with Gasteiger partial charge in [0.1, 0.15) is 11.5 Å². The number of unbranched alkanes of at least 4 members (excludes halogenated alkanes) is 1. The van der Waals surface area contributed by atoms with Crippen molar-refractivity contribution in [1.29, 1.82) is 0 Å². The second-order valence-electron chi connectivity index (χ2n) is 9.77. The number of anilines is 3. The van der Waals surface area contributed by atoms with Crippen molar-refractivity contribution in [2.45, 2.75) is 39.2 Å². The summed E-state index contributed by atoms with van der Waals surface area (Å²) in [5.41, 5.74) is 6.97. The Labute approximate surface area is 217 Å². The largest absolute Gasteiger partial charge is 0.456 e. The predicted molar refractivity (Wildman–Crippen MR) is 147 cm³/mol. The van der Waals surface area contributed by atoms with Gasteiger partial charge in [0.15, 0.2) is 5.60 Å². The number of para-hydroxylation sites is 1. The predicted octanol–water partition coefficient (Wildman–Crippen LogP) is 7.83. The molecule has 0 radical (unpaired) electrons. The fraction of sp³-hybridized carbons (Fsp3) is 0.219. The molecular formula is C32H30N2O3. The van der Waals surface area contributed by atoms with Crippen LogP contribution in [0.25, 0.3) is 0 Å². The van der Waals surface area contributed by atoms with E-state index in [1.165, 1.54) is 0 Å². The van der Waals surface area contributed by atoms with E-state index in [1.54, 1.807) is 0 Å². The minimum absolute atomic E-state index is 0.324. The van der Waals surface area contributed by atoms with Gasteiger partial charge in [-0.25, -0.2) is 4.79 Å². The van der Waals surface area contributed by atoms with Crippen LogP contribution in [0.1, 0.15) is 57.9 Å². The molecule has 1 unspecified atom stereocenters. The maximum atomic E-state index is 13.2. The van der Waals surface area contributed by atoms with Crippen LogP contribution in [0.4, 0.5) is 17.1 Å². The standard InChI is InChI=1S/C32H30N2O3/c1-4-5-17-33-27-16-15-25-30(21(27)3)36-29-18-20(2)28(34-22-11-7-6-8-12-22)19-26(29)32(25)24-14-10-9-13-23(24)31(35)37-32/h6-16,18-19,33-34H,4-5,17H2,1-3H3. The molecule has 5 heteroatoms. The van der Waals surface area contributed by atoms with Gasteiger partial charge in [-0.2, -0.15) is 0 Å². The molecule has 0 saturated carbocycles. The first-order valence-electron chi connectivity index (χ1n) is 12.9. The van der Waals surface area contributed by atoms with E-state index in [1.807, 2.05) is 66.7 Å². The molecule has 2 aliphatic heterocycles. The quantitative estimate of drug-likeness (QED) is 0.213. The lowest BCUT2D eigenvalue weighted by molar-refractivity contribution is 0.0224. The van der Waals surface area contributed by atoms with Gasteiger partial charge >= 0.3 is 5.97 Å². The summed E-state index contributed by atoms with van der Waals surface area (Å²) in [7, 11) is 0. The molecule has 2 aliphatic rings. The SMILES string of the molecule is CCCCNc1ccc2c(c1C)Oc1cc(C)c(Nc3ccccc3)cc1C21OC(=O)c2ccccc21. The maximum Gasteiger partial charge on any atom is 0.340 e. The van der Waals surface area contributed by atoms with Crippen LogP contribution in [-0.2, 0) is 10.3 Å². The normalized spacial score (nSPS) is 16.9. The van der Waals surface area contributed by atoms with Gasteiger partial charge in [-0.1, -0.05) is 49.7 Å². The number of hydrogen-bond acceptors (Lipinski definition) is 5. The summed E-state index contributed by atoms with van der Waals surface area (Å²) in [5, 5.41) is 7.08. The molecule has 6 rings (SSSR count). The second kappa shape index (κ2) is 9.00. The van der Waals surface area contributed by atoms with E-state index in [0.717, 1.165) is 70.0 Å². The number of ether oxygens (including phenoxy) is 2. The van der Waals surface area contributed by atoms with E-state index in [9.17, 15) is 4.79 Å². The van der Waals surface area contributed by atoms with Gasteiger partial charge in [-0.3, -0.25) is 0 Å². The lowest BCUT2D eigenvalue weighted by Gasteiger charge is -2.38. The molecule has 1 spiro atoms. The van der Waals surface area contributed by atoms with Gasteiger partial charge in [0, 0.05) is 45.9 Å². The highest BCUT2D eigenvalue weighted by Crippen LogP contribution is 2.58. The third kappa shape index (κ3) is 3.65. The fourth-order valence-corrected chi connectivity index (χ4v) is 5.42. The van der Waals surface area contributed by atoms with Crippen LogP contribution in [0, 0.1) is 13.8 Å². The molecule has 0 bridgehead atoms. The first kappa shape index (κ1) is 23.2. The minimum Gasteiger partial charge on any atom is -0.456 e. The Balaban J connectivity index is 1.56. The van der Waals surface area contributed by atoms with Crippen LogP contribution in [0.2, 0.25) is 0 Å². The van der Waals surface area contributed by atoms with Crippen molar-refractivity contribution >= 4 is 23.0 Å². The topological polar surface area (TPSA) is 59.6 Å². The Hall–Kier alpha value is -4.25. The van der Waals surface area contributed by atoms with Gasteiger partial charge in [0.2, 0.25) is 0 Å². The third-order valence-electron chi connectivity index (χ3n) is 7.37. The lowest BCUT2D eigenvalue weighted by Crippen LogP contribution is -2.33. The molecule has 4 aromatic carbocycles. The Morgan fingerprint density at radius 3 is 2.43 bits per heavy atom. The van der Waals surface area contributed by atoms with Crippen LogP contribution >= 0.6 is 0 Å². The van der Waals surface area contributed by atoms with Gasteiger partial charge in [0.05, 0.1) is 5.56 Å². The number of fused-ring (bicyclic) bond motifs is 6. The number of nitrogens with one attached hydrogen (secondary N) is 2. The van der Waals surface area contributed by atoms with E-state index < -0.39 is 5.60 Å². The molecule has 4 aromatic rings. The lowest BCUT2D eigenvalue weighted by atomic mass is 9.76. The monoisotopic (exact) mass is 490 g/mol. The number of esters is 1. The summed E-state index contributed by atoms with van der Waals surface area (Å²) in [4.78, 5) is 13.2. The molecule has 1 atom stereocenters. The molecular weight excluding hydrogens is 460 g/mol. The number of aryl methyl sites for hydroxylation is 1. The van der Waals surface area contributed by atoms with Crippen molar-refractivity contribution in [1.82, 2.24) is 0 Å². The van der Waals surface area contributed by atoms with E-state index >= 15 is 0 Å². The highest BCUT2D eigenvalue weighted by Gasteiger charge is 2.54. The van der Waals surface area contributed by atoms with Crippen LogP contribution in [-0.4, -0.2) is 12.5 Å². The molecule has 0 aromatic heterocycles. The highest BCUT2D eigenvalue weighted by molar-refractivity contribution is 5.97. The fourth-order valence-electron chi connectivity index (χ4n) is 5.42. The third-order valence-corrected chi connectivity index (χ3v) is 7.37. The van der Waals surface area contributed by atoms with Crippen molar-refractivity contribution in [2.24, 2.45) is 0 Å². The van der Waals surface area contributed by atoms with Crippen LogP contribution in [0.5, 0.6) is 11.5 Å². The second-order valence-corrected chi connectivity index (χ2v) is 9.77. The summed E-state index contributed by atoms with van der Waals surface area (Å²) >= 11 is 0. The van der Waals surface area contributed by atoms with Gasteiger partial charge in [-0.05, 0) is 68.3 Å². The molecule has 37 heavy (non-hydrogen) atoms. The Morgan fingerprint density at radius 2 is 1.62 bits per heavy atom. The van der Waals surface area contributed by atoms with Crippen molar-refractivity contribution < 1.29 is 14.3 Å². The number of carbonyl (C=O) groups is 1. The Morgan fingerprint density at radius 1 is 0.838 bits per heavy atom. The van der Waals surface area contributed by atoms with Crippen molar-refractivity contribution in [3.63, 3.8) is 0 Å². The smallest absolute Gasteiger partial charge is 0.340 e. The van der Waals surface area contributed by atoms with E-state index in [-0.39, 0.29) is 5.97 Å². The molecule has 5 nitrogen and oxygen atoms in total. The number of carbonyl (C=O) groups excluding carboxylic acids is 1. The van der Waals surface area contributed by atoms with E-state index in [0.29, 0.717) is 11.3 Å². The summed E-state index contributed by atoms with van der Waals surface area (Å²) in [6, 6.07) is 25.9. The number of benzene rings is 4. The van der Waals surface area contributed by atoms with Gasteiger partial charge in [0.25, 0.3) is 0 Å². The van der Waals surface area contributed by atoms with E-state index in [4.69, 9.17) is 9.47 Å². The number of hydrogen-bond donors (Lipinski definition) is 2. The summed E-state index contributed by atoms with van der Waals surface area (Å²) in [6.07, 6.45) is 2.21. The zero-order chi connectivity index (χ0) is 25.6. The van der Waals surface area contributed by atoms with Crippen molar-refractivity contribution in [3.05, 3.63) is 112 Å². The summed E-state index contributed by atoms with van der Waals surface area (Å²) in [6.45, 7) is 7.19. The average Bonchev–Trinajstić information content (AvgIpc) is 3.20. The first-order valence-corrected chi connectivity index (χ1v) is 12.9. The summed E-state index contributed by atoms with van der Waals surface area (Å²) < 4.78 is 13.0. The molecule has 0 aliphatic carbocycles. The van der Waals surface area contributed by atoms with Gasteiger partial charge in [-0.15, -0.1) is 0 Å². The van der Waals surface area contributed by atoms with Crippen LogP contribution in [0.3, 0.4) is 0 Å².